The van der Waals surface area contributed by atoms with E-state index in [-0.39, 0.29) is 19.1 Å². The van der Waals surface area contributed by atoms with Gasteiger partial charge in [-0.2, -0.15) is 18.3 Å². The van der Waals surface area contributed by atoms with Gasteiger partial charge in [-0.3, -0.25) is 9.48 Å². The summed E-state index contributed by atoms with van der Waals surface area (Å²) in [5, 5.41) is 5.92. The van der Waals surface area contributed by atoms with E-state index in [1.807, 2.05) is 0 Å². The monoisotopic (exact) mass is 386 g/mol. The summed E-state index contributed by atoms with van der Waals surface area (Å²) in [6, 6.07) is 1.23. The predicted molar refractivity (Wildman–Crippen MR) is 92.5 cm³/mol. The van der Waals surface area contributed by atoms with Gasteiger partial charge < -0.3 is 11.1 Å². The molecule has 0 spiro atoms. The molecule has 0 bridgehead atoms. The lowest BCUT2D eigenvalue weighted by Gasteiger charge is -2.15. The Bertz CT molecular complexity index is 856. The van der Waals surface area contributed by atoms with E-state index in [0.717, 1.165) is 10.9 Å². The number of aromatic nitrogens is 2. The van der Waals surface area contributed by atoms with Crippen LogP contribution >= 0.6 is 0 Å². The lowest BCUT2D eigenvalue weighted by Crippen LogP contribution is -2.26. The number of alkyl halides is 3. The average Bonchev–Trinajstić information content (AvgIpc) is 3.04. The van der Waals surface area contributed by atoms with E-state index in [2.05, 4.69) is 10.4 Å². The standard InChI is InChI=1S/C18H22F4N4O/c1-9(2)26-8-14(16(25-26)18(20,21)22)17(27)24-7-13-10(3)5-12(6-23)15(19)11(13)4/h5,8-9H,6-7,23H2,1-4H3,(H,24,27). The summed E-state index contributed by atoms with van der Waals surface area (Å²) >= 11 is 0. The van der Waals surface area contributed by atoms with Crippen LogP contribution in [0.3, 0.4) is 0 Å². The van der Waals surface area contributed by atoms with E-state index in [9.17, 15) is 22.4 Å². The maximum atomic E-state index is 14.2. The van der Waals surface area contributed by atoms with Gasteiger partial charge in [0.05, 0.1) is 5.56 Å². The molecule has 1 amide bonds. The fraction of sp³-hybridized carbons (Fsp3) is 0.444. The summed E-state index contributed by atoms with van der Waals surface area (Å²) in [5.41, 5.74) is 5.54. The van der Waals surface area contributed by atoms with Gasteiger partial charge in [0, 0.05) is 30.9 Å². The van der Waals surface area contributed by atoms with E-state index in [4.69, 9.17) is 5.73 Å². The van der Waals surface area contributed by atoms with Crippen LogP contribution in [0.5, 0.6) is 0 Å². The predicted octanol–water partition coefficient (Wildman–Crippen LogP) is 3.63. The Hall–Kier alpha value is -2.42. The van der Waals surface area contributed by atoms with Crippen molar-refractivity contribution in [2.45, 2.75) is 53.0 Å². The molecule has 0 radical (unpaired) electrons. The number of carbonyl (C=O) groups is 1. The fourth-order valence-electron chi connectivity index (χ4n) is 2.80. The third-order valence-corrected chi connectivity index (χ3v) is 4.35. The number of carbonyl (C=O) groups excluding carboxylic acids is 1. The van der Waals surface area contributed by atoms with Crippen LogP contribution in [0, 0.1) is 19.7 Å². The Balaban J connectivity index is 2.31. The number of nitrogens with one attached hydrogen (secondary N) is 1. The topological polar surface area (TPSA) is 72.9 Å². The number of rotatable bonds is 5. The van der Waals surface area contributed by atoms with Crippen LogP contribution in [-0.4, -0.2) is 15.7 Å². The molecule has 1 aromatic carbocycles. The molecule has 0 saturated heterocycles. The first-order valence-corrected chi connectivity index (χ1v) is 8.39. The summed E-state index contributed by atoms with van der Waals surface area (Å²) < 4.78 is 54.9. The van der Waals surface area contributed by atoms with Gasteiger partial charge in [-0.1, -0.05) is 6.07 Å². The van der Waals surface area contributed by atoms with Gasteiger partial charge in [0.15, 0.2) is 5.69 Å². The van der Waals surface area contributed by atoms with Crippen molar-refractivity contribution >= 4 is 5.91 Å². The second-order valence-corrected chi connectivity index (χ2v) is 6.62. The van der Waals surface area contributed by atoms with E-state index < -0.39 is 29.2 Å². The molecule has 1 heterocycles. The molecule has 9 heteroatoms. The summed E-state index contributed by atoms with van der Waals surface area (Å²) in [6.45, 7) is 6.50. The highest BCUT2D eigenvalue weighted by Gasteiger charge is 2.39. The SMILES string of the molecule is Cc1cc(CN)c(F)c(C)c1CNC(=O)c1cn(C(C)C)nc1C(F)(F)F. The van der Waals surface area contributed by atoms with Crippen LogP contribution in [0.4, 0.5) is 17.6 Å². The Morgan fingerprint density at radius 1 is 1.33 bits per heavy atom. The maximum Gasteiger partial charge on any atom is 0.435 e. The zero-order valence-corrected chi connectivity index (χ0v) is 15.5. The number of nitrogens with zero attached hydrogens (tertiary/aromatic N) is 2. The summed E-state index contributed by atoms with van der Waals surface area (Å²) in [4.78, 5) is 12.4. The molecule has 3 N–H and O–H groups in total. The molecule has 1 aromatic heterocycles. The minimum absolute atomic E-state index is 0.0312. The Morgan fingerprint density at radius 2 is 1.96 bits per heavy atom. The highest BCUT2D eigenvalue weighted by atomic mass is 19.4. The highest BCUT2D eigenvalue weighted by Crippen LogP contribution is 2.31. The minimum Gasteiger partial charge on any atom is -0.348 e. The van der Waals surface area contributed by atoms with Crippen LogP contribution in [0.25, 0.3) is 0 Å². The van der Waals surface area contributed by atoms with Crippen molar-refractivity contribution in [1.29, 1.82) is 0 Å². The summed E-state index contributed by atoms with van der Waals surface area (Å²) in [7, 11) is 0. The van der Waals surface area contributed by atoms with Gasteiger partial charge in [-0.05, 0) is 44.4 Å². The van der Waals surface area contributed by atoms with Gasteiger partial charge in [0.25, 0.3) is 5.91 Å². The molecule has 0 atom stereocenters. The molecular formula is C18H22F4N4O. The minimum atomic E-state index is -4.76. The second-order valence-electron chi connectivity index (χ2n) is 6.62. The first-order chi connectivity index (χ1) is 12.5. The number of halogens is 4. The van der Waals surface area contributed by atoms with Crippen molar-refractivity contribution in [3.8, 4) is 0 Å². The summed E-state index contributed by atoms with van der Waals surface area (Å²) in [5.74, 6) is -1.40. The van der Waals surface area contributed by atoms with Crippen LogP contribution in [0.2, 0.25) is 0 Å². The molecule has 0 aliphatic rings. The molecule has 0 aliphatic carbocycles. The zero-order chi connectivity index (χ0) is 20.5. The molecule has 0 unspecified atom stereocenters. The zero-order valence-electron chi connectivity index (χ0n) is 15.5. The lowest BCUT2D eigenvalue weighted by atomic mass is 9.98. The van der Waals surface area contributed by atoms with Crippen molar-refractivity contribution in [2.24, 2.45) is 5.73 Å². The number of amides is 1. The van der Waals surface area contributed by atoms with Crippen molar-refractivity contribution in [3.05, 3.63) is 51.6 Å². The van der Waals surface area contributed by atoms with Crippen LogP contribution in [0.1, 0.15) is 58.2 Å². The number of aryl methyl sites for hydroxylation is 1. The molecule has 0 aliphatic heterocycles. The van der Waals surface area contributed by atoms with Gasteiger partial charge in [0.2, 0.25) is 0 Å². The van der Waals surface area contributed by atoms with E-state index in [1.165, 1.54) is 0 Å². The molecule has 5 nitrogen and oxygen atoms in total. The van der Waals surface area contributed by atoms with Crippen molar-refractivity contribution in [3.63, 3.8) is 0 Å². The van der Waals surface area contributed by atoms with Crippen LogP contribution in [0.15, 0.2) is 12.3 Å². The van der Waals surface area contributed by atoms with Crippen LogP contribution in [-0.2, 0) is 19.3 Å². The van der Waals surface area contributed by atoms with Crippen LogP contribution < -0.4 is 11.1 Å². The third-order valence-electron chi connectivity index (χ3n) is 4.35. The van der Waals surface area contributed by atoms with Gasteiger partial charge in [-0.25, -0.2) is 4.39 Å². The quantitative estimate of drug-likeness (QED) is 0.771. The largest absolute Gasteiger partial charge is 0.435 e. The molecular weight excluding hydrogens is 364 g/mol. The molecule has 0 fully saturated rings. The Labute approximate surface area is 154 Å². The van der Waals surface area contributed by atoms with E-state index in [1.54, 1.807) is 33.8 Å². The molecule has 2 rings (SSSR count). The fourth-order valence-corrected chi connectivity index (χ4v) is 2.80. The number of hydrogen-bond acceptors (Lipinski definition) is 3. The van der Waals surface area contributed by atoms with Gasteiger partial charge in [0.1, 0.15) is 5.82 Å². The number of hydrogen-bond donors (Lipinski definition) is 2. The van der Waals surface area contributed by atoms with Crippen molar-refractivity contribution in [2.75, 3.05) is 0 Å². The van der Waals surface area contributed by atoms with Gasteiger partial charge in [-0.15, -0.1) is 0 Å². The smallest absolute Gasteiger partial charge is 0.348 e. The number of nitrogens with two attached hydrogens (primary N) is 1. The Morgan fingerprint density at radius 3 is 2.48 bits per heavy atom. The van der Waals surface area contributed by atoms with Crippen molar-refractivity contribution < 1.29 is 22.4 Å². The molecule has 27 heavy (non-hydrogen) atoms. The second kappa shape index (κ2) is 7.67. The molecule has 0 saturated carbocycles. The molecule has 2 aromatic rings. The van der Waals surface area contributed by atoms with E-state index in [0.29, 0.717) is 22.3 Å². The highest BCUT2D eigenvalue weighted by molar-refractivity contribution is 5.95. The van der Waals surface area contributed by atoms with Gasteiger partial charge >= 0.3 is 6.18 Å². The maximum absolute atomic E-state index is 14.2. The average molecular weight is 386 g/mol. The number of benzene rings is 1. The van der Waals surface area contributed by atoms with Crippen molar-refractivity contribution in [1.82, 2.24) is 15.1 Å². The summed E-state index contributed by atoms with van der Waals surface area (Å²) in [6.07, 6.45) is -3.69. The third kappa shape index (κ3) is 4.29. The Kier molecular flexibility index (Phi) is 5.94. The first kappa shape index (κ1) is 20.9. The molecule has 148 valence electrons. The first-order valence-electron chi connectivity index (χ1n) is 8.39. The normalized spacial score (nSPS) is 11.9. The lowest BCUT2D eigenvalue weighted by molar-refractivity contribution is -0.141. The van der Waals surface area contributed by atoms with E-state index >= 15 is 0 Å².